The molecular weight excluding hydrogens is 332 g/mol. The Morgan fingerprint density at radius 3 is 2.38 bits per heavy atom. The molecule has 2 heterocycles. The third-order valence-corrected chi connectivity index (χ3v) is 4.84. The van der Waals surface area contributed by atoms with Gasteiger partial charge in [-0.15, -0.1) is 0 Å². The highest BCUT2D eigenvalue weighted by molar-refractivity contribution is 5.79. The summed E-state index contributed by atoms with van der Waals surface area (Å²) in [6.45, 7) is 7.11. The van der Waals surface area contributed by atoms with Crippen molar-refractivity contribution < 1.29 is 14.3 Å². The maximum absolute atomic E-state index is 12.7. The molecule has 0 saturated carbocycles. The highest BCUT2D eigenvalue weighted by atomic mass is 16.5. The van der Waals surface area contributed by atoms with Crippen molar-refractivity contribution in [3.8, 4) is 11.5 Å². The first-order valence-electron chi connectivity index (χ1n) is 8.78. The molecule has 1 aliphatic rings. The first kappa shape index (κ1) is 18.1. The Balaban J connectivity index is 1.60. The van der Waals surface area contributed by atoms with Crippen molar-refractivity contribution in [1.82, 2.24) is 15.1 Å². The van der Waals surface area contributed by atoms with Gasteiger partial charge in [-0.3, -0.25) is 9.89 Å². The van der Waals surface area contributed by atoms with E-state index in [4.69, 9.17) is 9.47 Å². The molecule has 3 rings (SSSR count). The van der Waals surface area contributed by atoms with E-state index in [1.165, 1.54) is 0 Å². The molecule has 0 aliphatic carbocycles. The van der Waals surface area contributed by atoms with E-state index in [2.05, 4.69) is 15.1 Å². The molecule has 1 aromatic heterocycles. The van der Waals surface area contributed by atoms with Crippen LogP contribution in [0.1, 0.15) is 17.0 Å². The van der Waals surface area contributed by atoms with Crippen molar-refractivity contribution in [3.63, 3.8) is 0 Å². The fourth-order valence-electron chi connectivity index (χ4n) is 3.47. The Morgan fingerprint density at radius 1 is 1.12 bits per heavy atom. The van der Waals surface area contributed by atoms with Crippen LogP contribution in [0, 0.1) is 13.8 Å². The third kappa shape index (κ3) is 3.61. The number of H-pyrrole nitrogens is 1. The molecular formula is C19H26N4O3. The number of anilines is 1. The number of benzene rings is 1. The van der Waals surface area contributed by atoms with Crippen LogP contribution in [0.2, 0.25) is 0 Å². The van der Waals surface area contributed by atoms with Crippen LogP contribution >= 0.6 is 0 Å². The van der Waals surface area contributed by atoms with Crippen molar-refractivity contribution in [2.45, 2.75) is 20.3 Å². The van der Waals surface area contributed by atoms with Gasteiger partial charge in [0.2, 0.25) is 5.91 Å². The second-order valence-electron chi connectivity index (χ2n) is 6.52. The Hall–Kier alpha value is -2.70. The molecule has 1 aromatic carbocycles. The molecule has 7 heteroatoms. The fraction of sp³-hybridized carbons (Fsp3) is 0.474. The summed E-state index contributed by atoms with van der Waals surface area (Å²) in [6.07, 6.45) is 0.365. The molecule has 0 bridgehead atoms. The molecule has 1 aliphatic heterocycles. The fourth-order valence-corrected chi connectivity index (χ4v) is 3.47. The van der Waals surface area contributed by atoms with E-state index in [1.807, 2.05) is 36.9 Å². The predicted molar refractivity (Wildman–Crippen MR) is 100 cm³/mol. The molecule has 0 spiro atoms. The van der Waals surface area contributed by atoms with Gasteiger partial charge < -0.3 is 19.3 Å². The summed E-state index contributed by atoms with van der Waals surface area (Å²) in [7, 11) is 3.20. The summed E-state index contributed by atoms with van der Waals surface area (Å²) in [5, 5.41) is 7.29. The number of carbonyl (C=O) groups is 1. The van der Waals surface area contributed by atoms with Gasteiger partial charge >= 0.3 is 0 Å². The maximum Gasteiger partial charge on any atom is 0.227 e. The van der Waals surface area contributed by atoms with E-state index >= 15 is 0 Å². The second kappa shape index (κ2) is 7.68. The number of aromatic amines is 1. The van der Waals surface area contributed by atoms with Crippen LogP contribution in [0.15, 0.2) is 18.2 Å². The molecule has 1 fully saturated rings. The summed E-state index contributed by atoms with van der Waals surface area (Å²) in [6, 6.07) is 5.61. The topological polar surface area (TPSA) is 70.7 Å². The van der Waals surface area contributed by atoms with Gasteiger partial charge in [0.15, 0.2) is 11.5 Å². The zero-order valence-electron chi connectivity index (χ0n) is 15.8. The van der Waals surface area contributed by atoms with E-state index in [-0.39, 0.29) is 5.91 Å². The number of nitrogens with one attached hydrogen (secondary N) is 1. The lowest BCUT2D eigenvalue weighted by Crippen LogP contribution is -2.49. The molecule has 1 amide bonds. The highest BCUT2D eigenvalue weighted by Gasteiger charge is 2.24. The zero-order chi connectivity index (χ0) is 18.7. The van der Waals surface area contributed by atoms with E-state index < -0.39 is 0 Å². The van der Waals surface area contributed by atoms with Crippen LogP contribution in [-0.2, 0) is 11.2 Å². The maximum atomic E-state index is 12.7. The van der Waals surface area contributed by atoms with Crippen molar-refractivity contribution in [3.05, 3.63) is 35.2 Å². The molecule has 26 heavy (non-hydrogen) atoms. The number of piperazine rings is 1. The first-order valence-corrected chi connectivity index (χ1v) is 8.78. The average molecular weight is 358 g/mol. The van der Waals surface area contributed by atoms with E-state index in [9.17, 15) is 4.79 Å². The number of aryl methyl sites for hydroxylation is 2. The molecule has 0 unspecified atom stereocenters. The lowest BCUT2D eigenvalue weighted by atomic mass is 10.1. The van der Waals surface area contributed by atoms with Gasteiger partial charge in [0, 0.05) is 26.2 Å². The van der Waals surface area contributed by atoms with Gasteiger partial charge in [-0.05, 0) is 31.5 Å². The van der Waals surface area contributed by atoms with Crippen molar-refractivity contribution in [2.75, 3.05) is 45.3 Å². The summed E-state index contributed by atoms with van der Waals surface area (Å²) in [4.78, 5) is 16.9. The minimum absolute atomic E-state index is 0.137. The summed E-state index contributed by atoms with van der Waals surface area (Å²) in [5.41, 5.74) is 4.17. The number of hydrogen-bond donors (Lipinski definition) is 1. The third-order valence-electron chi connectivity index (χ3n) is 4.84. The normalized spacial score (nSPS) is 14.5. The van der Waals surface area contributed by atoms with Crippen LogP contribution in [0.5, 0.6) is 11.5 Å². The Morgan fingerprint density at radius 2 is 1.81 bits per heavy atom. The quantitative estimate of drug-likeness (QED) is 0.884. The molecule has 0 radical (unpaired) electrons. The van der Waals surface area contributed by atoms with E-state index in [0.717, 1.165) is 48.8 Å². The van der Waals surface area contributed by atoms with Gasteiger partial charge in [-0.2, -0.15) is 5.10 Å². The largest absolute Gasteiger partial charge is 0.493 e. The van der Waals surface area contributed by atoms with Crippen LogP contribution in [0.25, 0.3) is 0 Å². The first-order chi connectivity index (χ1) is 12.5. The van der Waals surface area contributed by atoms with Crippen molar-refractivity contribution >= 4 is 11.6 Å². The molecule has 2 aromatic rings. The molecule has 1 saturated heterocycles. The standard InChI is InChI=1S/C19H26N4O3/c1-13-19(14(2)21-20-13)23-9-7-22(8-10-23)18(24)12-15-5-6-16(25-3)17(11-15)26-4/h5-6,11H,7-10,12H2,1-4H3,(H,20,21). The van der Waals surface area contributed by atoms with Crippen LogP contribution in [-0.4, -0.2) is 61.4 Å². The number of methoxy groups -OCH3 is 2. The average Bonchev–Trinajstić information content (AvgIpc) is 3.00. The van der Waals surface area contributed by atoms with E-state index in [1.54, 1.807) is 14.2 Å². The number of carbonyl (C=O) groups excluding carboxylic acids is 1. The number of rotatable bonds is 5. The minimum atomic E-state index is 0.137. The van der Waals surface area contributed by atoms with Gasteiger partial charge in [0.25, 0.3) is 0 Å². The highest BCUT2D eigenvalue weighted by Crippen LogP contribution is 2.28. The van der Waals surface area contributed by atoms with Gasteiger partial charge in [0.05, 0.1) is 37.7 Å². The predicted octanol–water partition coefficient (Wildman–Crippen LogP) is 1.94. The molecule has 7 nitrogen and oxygen atoms in total. The molecule has 0 atom stereocenters. The van der Waals surface area contributed by atoms with Crippen LogP contribution < -0.4 is 14.4 Å². The lowest BCUT2D eigenvalue weighted by molar-refractivity contribution is -0.130. The van der Waals surface area contributed by atoms with Crippen molar-refractivity contribution in [2.24, 2.45) is 0 Å². The number of amides is 1. The smallest absolute Gasteiger partial charge is 0.227 e. The lowest BCUT2D eigenvalue weighted by Gasteiger charge is -2.36. The molecule has 140 valence electrons. The second-order valence-corrected chi connectivity index (χ2v) is 6.52. The Kier molecular flexibility index (Phi) is 5.35. The molecule has 1 N–H and O–H groups in total. The van der Waals surface area contributed by atoms with Crippen molar-refractivity contribution in [1.29, 1.82) is 0 Å². The minimum Gasteiger partial charge on any atom is -0.493 e. The van der Waals surface area contributed by atoms with Crippen LogP contribution in [0.3, 0.4) is 0 Å². The number of aromatic nitrogens is 2. The zero-order valence-corrected chi connectivity index (χ0v) is 15.8. The SMILES string of the molecule is COc1ccc(CC(=O)N2CCN(c3c(C)n[nH]c3C)CC2)cc1OC. The van der Waals surface area contributed by atoms with Gasteiger partial charge in [-0.1, -0.05) is 6.07 Å². The summed E-state index contributed by atoms with van der Waals surface area (Å²) < 4.78 is 10.6. The Bertz CT molecular complexity index is 760. The monoisotopic (exact) mass is 358 g/mol. The van der Waals surface area contributed by atoms with Crippen LogP contribution in [0.4, 0.5) is 5.69 Å². The van der Waals surface area contributed by atoms with Gasteiger partial charge in [-0.25, -0.2) is 0 Å². The number of ether oxygens (including phenoxy) is 2. The number of nitrogens with zero attached hydrogens (tertiary/aromatic N) is 3. The van der Waals surface area contributed by atoms with E-state index in [0.29, 0.717) is 17.9 Å². The summed E-state index contributed by atoms with van der Waals surface area (Å²) in [5.74, 6) is 1.45. The van der Waals surface area contributed by atoms with Gasteiger partial charge in [0.1, 0.15) is 0 Å². The number of hydrogen-bond acceptors (Lipinski definition) is 5. The summed E-state index contributed by atoms with van der Waals surface area (Å²) >= 11 is 0. The Labute approximate surface area is 153 Å².